The average molecular weight is 493 g/mol. The van der Waals surface area contributed by atoms with Crippen molar-refractivity contribution in [3.8, 4) is 11.5 Å². The van der Waals surface area contributed by atoms with Crippen LogP contribution in [-0.2, 0) is 11.2 Å². The second-order valence-corrected chi connectivity index (χ2v) is 9.30. The van der Waals surface area contributed by atoms with Crippen LogP contribution in [0.4, 0.5) is 5.82 Å². The van der Waals surface area contributed by atoms with Crippen molar-refractivity contribution in [3.05, 3.63) is 47.9 Å². The molecule has 0 saturated carbocycles. The molecular weight excluding hydrogens is 456 g/mol. The van der Waals surface area contributed by atoms with E-state index in [4.69, 9.17) is 19.3 Å². The van der Waals surface area contributed by atoms with Gasteiger partial charge in [0.2, 0.25) is 0 Å². The summed E-state index contributed by atoms with van der Waals surface area (Å²) in [6, 6.07) is 8.19. The molecule has 2 fully saturated rings. The van der Waals surface area contributed by atoms with Crippen LogP contribution >= 0.6 is 0 Å². The summed E-state index contributed by atoms with van der Waals surface area (Å²) < 4.78 is 17.5. The van der Waals surface area contributed by atoms with Crippen LogP contribution in [0.15, 0.2) is 36.7 Å². The van der Waals surface area contributed by atoms with Crippen LogP contribution in [0, 0.1) is 0 Å². The van der Waals surface area contributed by atoms with E-state index in [2.05, 4.69) is 37.3 Å². The van der Waals surface area contributed by atoms with Crippen molar-refractivity contribution in [1.82, 2.24) is 25.4 Å². The summed E-state index contributed by atoms with van der Waals surface area (Å²) in [5.41, 5.74) is 2.07. The van der Waals surface area contributed by atoms with E-state index in [-0.39, 0.29) is 0 Å². The van der Waals surface area contributed by atoms with Gasteiger partial charge in [0.15, 0.2) is 17.3 Å². The molecule has 0 bridgehead atoms. The van der Waals surface area contributed by atoms with Crippen LogP contribution in [0.1, 0.15) is 24.1 Å². The molecule has 4 heterocycles. The number of nitrogens with zero attached hydrogens (tertiary/aromatic N) is 5. The molecule has 36 heavy (non-hydrogen) atoms. The van der Waals surface area contributed by atoms with Gasteiger partial charge in [-0.25, -0.2) is 0 Å². The Morgan fingerprint density at radius 2 is 1.72 bits per heavy atom. The van der Waals surface area contributed by atoms with Crippen molar-refractivity contribution in [1.29, 1.82) is 0 Å². The first-order valence-corrected chi connectivity index (χ1v) is 13.0. The maximum Gasteiger partial charge on any atom is 0.161 e. The number of anilines is 1. The maximum absolute atomic E-state index is 6.27. The first-order chi connectivity index (χ1) is 17.8. The van der Waals surface area contributed by atoms with Crippen molar-refractivity contribution in [3.63, 3.8) is 0 Å². The molecule has 0 atom stereocenters. The zero-order valence-electron chi connectivity index (χ0n) is 21.1. The van der Waals surface area contributed by atoms with Crippen molar-refractivity contribution < 1.29 is 14.2 Å². The Labute approximate surface area is 212 Å². The summed E-state index contributed by atoms with van der Waals surface area (Å²) in [6.07, 6.45) is 6.39. The van der Waals surface area contributed by atoms with Gasteiger partial charge in [0, 0.05) is 68.9 Å². The lowest BCUT2D eigenvalue weighted by Gasteiger charge is -2.29. The lowest BCUT2D eigenvalue weighted by molar-refractivity contribution is 0.0368. The Morgan fingerprint density at radius 1 is 0.944 bits per heavy atom. The summed E-state index contributed by atoms with van der Waals surface area (Å²) in [5, 5.41) is 14.9. The number of methoxy groups -OCH3 is 1. The molecule has 1 aromatic carbocycles. The highest BCUT2D eigenvalue weighted by molar-refractivity contribution is 5.96. The van der Waals surface area contributed by atoms with Gasteiger partial charge in [0.25, 0.3) is 0 Å². The number of fused-ring (bicyclic) bond motifs is 1. The Balaban J connectivity index is 1.38. The number of rotatable bonds is 10. The third kappa shape index (κ3) is 6.03. The van der Waals surface area contributed by atoms with Crippen LogP contribution in [-0.4, -0.2) is 92.8 Å². The molecule has 2 aromatic heterocycles. The van der Waals surface area contributed by atoms with Gasteiger partial charge < -0.3 is 24.4 Å². The third-order valence-electron chi connectivity index (χ3n) is 6.89. The summed E-state index contributed by atoms with van der Waals surface area (Å²) in [6.45, 7) is 9.14. The van der Waals surface area contributed by atoms with Crippen molar-refractivity contribution in [2.24, 2.45) is 0 Å². The molecule has 9 nitrogen and oxygen atoms in total. The fourth-order valence-electron chi connectivity index (χ4n) is 4.85. The molecule has 2 saturated heterocycles. The van der Waals surface area contributed by atoms with Crippen molar-refractivity contribution in [2.45, 2.75) is 19.3 Å². The number of unbranched alkanes of at least 4 members (excludes halogenated alkanes) is 1. The van der Waals surface area contributed by atoms with Gasteiger partial charge in [-0.15, -0.1) is 5.10 Å². The fourth-order valence-corrected chi connectivity index (χ4v) is 4.85. The number of morpholine rings is 1. The minimum absolute atomic E-state index is 0.650. The molecule has 9 heteroatoms. The second kappa shape index (κ2) is 12.3. The van der Waals surface area contributed by atoms with E-state index in [0.29, 0.717) is 13.0 Å². The van der Waals surface area contributed by atoms with Gasteiger partial charge in [-0.3, -0.25) is 9.88 Å². The number of aromatic nitrogens is 3. The molecule has 3 aromatic rings. The molecule has 2 aliphatic heterocycles. The number of hydrogen-bond donors (Lipinski definition) is 1. The lowest BCUT2D eigenvalue weighted by atomic mass is 10.0. The Morgan fingerprint density at radius 3 is 2.50 bits per heavy atom. The van der Waals surface area contributed by atoms with E-state index < -0.39 is 0 Å². The third-order valence-corrected chi connectivity index (χ3v) is 6.89. The summed E-state index contributed by atoms with van der Waals surface area (Å²) in [7, 11) is 1.70. The van der Waals surface area contributed by atoms with E-state index >= 15 is 0 Å². The van der Waals surface area contributed by atoms with Gasteiger partial charge in [-0.05, 0) is 49.2 Å². The number of pyridine rings is 1. The molecule has 192 valence electrons. The molecule has 0 amide bonds. The first-order valence-electron chi connectivity index (χ1n) is 13.0. The van der Waals surface area contributed by atoms with E-state index in [0.717, 1.165) is 111 Å². The highest BCUT2D eigenvalue weighted by Gasteiger charge is 2.20. The molecule has 0 radical (unpaired) electrons. The zero-order chi connectivity index (χ0) is 24.6. The minimum Gasteiger partial charge on any atom is -0.493 e. The van der Waals surface area contributed by atoms with Crippen LogP contribution in [0.3, 0.4) is 0 Å². The fraction of sp³-hybridized carbons (Fsp3) is 0.519. The average Bonchev–Trinajstić information content (AvgIpc) is 2.94. The van der Waals surface area contributed by atoms with Gasteiger partial charge in [0.1, 0.15) is 0 Å². The zero-order valence-corrected chi connectivity index (χ0v) is 21.1. The van der Waals surface area contributed by atoms with Crippen LogP contribution < -0.4 is 19.7 Å². The highest BCUT2D eigenvalue weighted by Crippen LogP contribution is 2.37. The largest absolute Gasteiger partial charge is 0.493 e. The quantitative estimate of drug-likeness (QED) is 0.429. The van der Waals surface area contributed by atoms with Crippen LogP contribution in [0.5, 0.6) is 11.5 Å². The topological polar surface area (TPSA) is 84.9 Å². The van der Waals surface area contributed by atoms with Crippen molar-refractivity contribution in [2.75, 3.05) is 77.6 Å². The SMILES string of the molecule is COc1cc2c(Cc3ccncc3)nnc(N3CCNCC3)c2cc1OCCCCN1CCOCC1. The molecule has 0 unspecified atom stereocenters. The summed E-state index contributed by atoms with van der Waals surface area (Å²) in [5.74, 6) is 2.39. The van der Waals surface area contributed by atoms with E-state index in [1.807, 2.05) is 24.5 Å². The normalized spacial score (nSPS) is 16.9. The van der Waals surface area contributed by atoms with E-state index in [1.54, 1.807) is 7.11 Å². The molecule has 5 rings (SSSR count). The van der Waals surface area contributed by atoms with E-state index in [1.165, 1.54) is 0 Å². The Kier molecular flexibility index (Phi) is 8.43. The number of nitrogens with one attached hydrogen (secondary N) is 1. The Bertz CT molecular complexity index is 1120. The summed E-state index contributed by atoms with van der Waals surface area (Å²) in [4.78, 5) is 8.91. The minimum atomic E-state index is 0.650. The van der Waals surface area contributed by atoms with Gasteiger partial charge >= 0.3 is 0 Å². The smallest absolute Gasteiger partial charge is 0.161 e. The monoisotopic (exact) mass is 492 g/mol. The van der Waals surface area contributed by atoms with Gasteiger partial charge in [-0.1, -0.05) is 0 Å². The lowest BCUT2D eigenvalue weighted by Crippen LogP contribution is -2.44. The number of piperazine rings is 1. The second-order valence-electron chi connectivity index (χ2n) is 9.30. The predicted octanol–water partition coefficient (Wildman–Crippen LogP) is 2.53. The Hall–Kier alpha value is -3.01. The molecule has 1 N–H and O–H groups in total. The van der Waals surface area contributed by atoms with Gasteiger partial charge in [-0.2, -0.15) is 5.10 Å². The number of benzene rings is 1. The highest BCUT2D eigenvalue weighted by atomic mass is 16.5. The number of hydrogen-bond acceptors (Lipinski definition) is 9. The van der Waals surface area contributed by atoms with Gasteiger partial charge in [0.05, 0.1) is 32.6 Å². The molecular formula is C27H36N6O3. The maximum atomic E-state index is 6.27. The van der Waals surface area contributed by atoms with E-state index in [9.17, 15) is 0 Å². The molecule has 0 aliphatic carbocycles. The standard InChI is InChI=1S/C27H36N6O3/c1-34-25-19-22-23(20-26(25)36-15-3-2-10-32-13-16-35-17-14-32)27(33-11-8-29-9-12-33)31-30-24(22)18-21-4-6-28-7-5-21/h4-7,19-20,29H,2-3,8-18H2,1H3. The van der Waals surface area contributed by atoms with Crippen LogP contribution in [0.2, 0.25) is 0 Å². The van der Waals surface area contributed by atoms with Crippen LogP contribution in [0.25, 0.3) is 10.8 Å². The predicted molar refractivity (Wildman–Crippen MR) is 140 cm³/mol. The number of ether oxygens (including phenoxy) is 3. The molecule has 2 aliphatic rings. The van der Waals surface area contributed by atoms with Crippen molar-refractivity contribution >= 4 is 16.6 Å². The summed E-state index contributed by atoms with van der Waals surface area (Å²) >= 11 is 0. The first kappa shape index (κ1) is 24.7. The molecule has 0 spiro atoms.